The van der Waals surface area contributed by atoms with Crippen molar-refractivity contribution >= 4 is 70.7 Å². The Hall–Kier alpha value is -0.330. The highest BCUT2D eigenvalue weighted by atomic mass is 35.6. The highest BCUT2D eigenvalue weighted by Crippen LogP contribution is 2.41. The van der Waals surface area contributed by atoms with Gasteiger partial charge in [-0.2, -0.15) is 5.10 Å². The Labute approximate surface area is 141 Å². The van der Waals surface area contributed by atoms with E-state index in [9.17, 15) is 4.79 Å². The van der Waals surface area contributed by atoms with Gasteiger partial charge in [0.15, 0.2) is 0 Å². The van der Waals surface area contributed by atoms with E-state index in [1.165, 1.54) is 6.21 Å². The second-order valence-corrected chi connectivity index (χ2v) is 7.84. The number of ether oxygens (including phenoxy) is 1. The lowest BCUT2D eigenvalue weighted by atomic mass is 10.2. The summed E-state index contributed by atoms with van der Waals surface area (Å²) in [6, 6.07) is 6.85. The highest BCUT2D eigenvalue weighted by Gasteiger charge is 2.29. The van der Waals surface area contributed by atoms with E-state index in [1.807, 2.05) is 0 Å². The molecule has 0 bridgehead atoms. The van der Waals surface area contributed by atoms with Gasteiger partial charge in [-0.25, -0.2) is 4.79 Å². The van der Waals surface area contributed by atoms with Crippen molar-refractivity contribution in [3.63, 3.8) is 0 Å². The molecule has 0 atom stereocenters. The number of benzene rings is 1. The number of nitrogens with zero attached hydrogens (tertiary/aromatic N) is 2. The van der Waals surface area contributed by atoms with Crippen LogP contribution in [0.2, 0.25) is 5.02 Å². The van der Waals surface area contributed by atoms with Crippen LogP contribution in [0.5, 0.6) is 0 Å². The number of amides is 1. The van der Waals surface area contributed by atoms with Crippen LogP contribution in [0.15, 0.2) is 29.4 Å². The standard InChI is InChI=1S/C11H10Cl4N2O2S/c1-2-19-10(18)17(20-11(13,14)15)16-7-8-3-5-9(12)6-4-8/h3-7H,2H2,1H3. The number of hydrazone groups is 1. The fraction of sp³-hybridized carbons (Fsp3) is 0.273. The second-order valence-electron chi connectivity index (χ2n) is 3.31. The largest absolute Gasteiger partial charge is 0.448 e. The molecule has 0 N–H and O–H groups in total. The predicted molar refractivity (Wildman–Crippen MR) is 85.8 cm³/mol. The molecule has 4 nitrogen and oxygen atoms in total. The van der Waals surface area contributed by atoms with Gasteiger partial charge in [0.2, 0.25) is 0 Å². The summed E-state index contributed by atoms with van der Waals surface area (Å²) in [6.07, 6.45) is 0.699. The van der Waals surface area contributed by atoms with Gasteiger partial charge in [0.1, 0.15) is 0 Å². The van der Waals surface area contributed by atoms with Crippen LogP contribution in [0.25, 0.3) is 0 Å². The molecule has 1 rings (SSSR count). The summed E-state index contributed by atoms with van der Waals surface area (Å²) < 4.78 is 3.95. The van der Waals surface area contributed by atoms with E-state index in [-0.39, 0.29) is 6.61 Å². The number of carbonyl (C=O) groups excluding carboxylic acids is 1. The lowest BCUT2D eigenvalue weighted by Crippen LogP contribution is -2.23. The molecule has 0 unspecified atom stereocenters. The van der Waals surface area contributed by atoms with E-state index >= 15 is 0 Å². The fourth-order valence-electron chi connectivity index (χ4n) is 1.05. The van der Waals surface area contributed by atoms with Crippen LogP contribution in [-0.2, 0) is 4.74 Å². The Morgan fingerprint density at radius 3 is 2.50 bits per heavy atom. The van der Waals surface area contributed by atoms with Crippen LogP contribution in [0.1, 0.15) is 12.5 Å². The van der Waals surface area contributed by atoms with Crippen molar-refractivity contribution in [1.82, 2.24) is 4.41 Å². The van der Waals surface area contributed by atoms with Gasteiger partial charge in [-0.1, -0.05) is 58.5 Å². The molecule has 1 amide bonds. The van der Waals surface area contributed by atoms with Crippen molar-refractivity contribution in [2.45, 2.75) is 10.0 Å². The molecule has 0 aliphatic carbocycles. The molecule has 1 aromatic carbocycles. The molecular formula is C11H10Cl4N2O2S. The third kappa shape index (κ3) is 6.90. The Kier molecular flexibility index (Phi) is 7.26. The van der Waals surface area contributed by atoms with Crippen molar-refractivity contribution in [2.75, 3.05) is 6.61 Å². The third-order valence-electron chi connectivity index (χ3n) is 1.80. The first-order valence-electron chi connectivity index (χ1n) is 5.34. The van der Waals surface area contributed by atoms with E-state index < -0.39 is 9.22 Å². The fourth-order valence-corrected chi connectivity index (χ4v) is 2.18. The Morgan fingerprint density at radius 2 is 2.00 bits per heavy atom. The average molecular weight is 376 g/mol. The van der Waals surface area contributed by atoms with Gasteiger partial charge < -0.3 is 4.74 Å². The minimum absolute atomic E-state index is 0.187. The molecule has 110 valence electrons. The molecule has 0 aliphatic heterocycles. The van der Waals surface area contributed by atoms with Gasteiger partial charge in [0, 0.05) is 17.0 Å². The maximum atomic E-state index is 11.7. The molecule has 0 aromatic heterocycles. The summed E-state index contributed by atoms with van der Waals surface area (Å²) in [7, 11) is 0. The molecule has 0 heterocycles. The van der Waals surface area contributed by atoms with E-state index in [2.05, 4.69) is 5.10 Å². The number of carbonyl (C=O) groups is 1. The summed E-state index contributed by atoms with van der Waals surface area (Å²) in [6.45, 7) is 1.85. The molecule has 20 heavy (non-hydrogen) atoms. The summed E-state index contributed by atoms with van der Waals surface area (Å²) >= 11 is 23.3. The highest BCUT2D eigenvalue weighted by molar-refractivity contribution is 8.03. The molecule has 9 heteroatoms. The summed E-state index contributed by atoms with van der Waals surface area (Å²) in [4.78, 5) is 11.7. The monoisotopic (exact) mass is 374 g/mol. The smallest absolute Gasteiger partial charge is 0.441 e. The molecule has 0 saturated carbocycles. The SMILES string of the molecule is CCOC(=O)N(N=Cc1ccc(Cl)cc1)SC(Cl)(Cl)Cl. The van der Waals surface area contributed by atoms with Crippen LogP contribution in [0.3, 0.4) is 0 Å². The van der Waals surface area contributed by atoms with Gasteiger partial charge in [0.05, 0.1) is 12.8 Å². The first kappa shape index (κ1) is 17.7. The van der Waals surface area contributed by atoms with E-state index in [0.717, 1.165) is 9.98 Å². The minimum atomic E-state index is -1.73. The van der Waals surface area contributed by atoms with E-state index in [1.54, 1.807) is 31.2 Å². The van der Waals surface area contributed by atoms with Crippen molar-refractivity contribution in [2.24, 2.45) is 5.10 Å². The van der Waals surface area contributed by atoms with Crippen LogP contribution >= 0.6 is 58.4 Å². The first-order valence-corrected chi connectivity index (χ1v) is 7.62. The van der Waals surface area contributed by atoms with Gasteiger partial charge in [-0.15, -0.1) is 4.41 Å². The van der Waals surface area contributed by atoms with E-state index in [0.29, 0.717) is 17.0 Å². The molecule has 0 spiro atoms. The van der Waals surface area contributed by atoms with Crippen LogP contribution < -0.4 is 0 Å². The average Bonchev–Trinajstić information content (AvgIpc) is 2.35. The topological polar surface area (TPSA) is 41.9 Å². The lowest BCUT2D eigenvalue weighted by molar-refractivity contribution is 0.134. The van der Waals surface area contributed by atoms with E-state index in [4.69, 9.17) is 51.1 Å². The number of hydrogen-bond acceptors (Lipinski definition) is 4. The molecule has 1 aromatic rings. The Morgan fingerprint density at radius 1 is 1.40 bits per heavy atom. The maximum absolute atomic E-state index is 11.7. The Bertz CT molecular complexity index is 476. The van der Waals surface area contributed by atoms with Gasteiger partial charge in [0.25, 0.3) is 3.12 Å². The lowest BCUT2D eigenvalue weighted by Gasteiger charge is -2.18. The minimum Gasteiger partial charge on any atom is -0.448 e. The van der Waals surface area contributed by atoms with Crippen molar-refractivity contribution in [1.29, 1.82) is 0 Å². The number of hydrogen-bond donors (Lipinski definition) is 0. The summed E-state index contributed by atoms with van der Waals surface area (Å²) in [5.74, 6) is 0. The molecule has 0 saturated heterocycles. The molecule has 0 radical (unpaired) electrons. The number of halogens is 4. The van der Waals surface area contributed by atoms with Crippen LogP contribution in [0.4, 0.5) is 4.79 Å². The van der Waals surface area contributed by atoms with Crippen molar-refractivity contribution in [3.8, 4) is 0 Å². The van der Waals surface area contributed by atoms with Gasteiger partial charge in [-0.3, -0.25) is 0 Å². The quantitative estimate of drug-likeness (QED) is 0.318. The second kappa shape index (κ2) is 8.20. The summed E-state index contributed by atoms with van der Waals surface area (Å²) in [5, 5.41) is 4.53. The summed E-state index contributed by atoms with van der Waals surface area (Å²) in [5.41, 5.74) is 0.730. The number of rotatable bonds is 4. The van der Waals surface area contributed by atoms with Gasteiger partial charge in [-0.05, 0) is 24.6 Å². The molecule has 0 aliphatic rings. The van der Waals surface area contributed by atoms with Crippen LogP contribution in [-0.4, -0.2) is 26.5 Å². The predicted octanol–water partition coefficient (Wildman–Crippen LogP) is 5.11. The normalized spacial score (nSPS) is 11.7. The van der Waals surface area contributed by atoms with Gasteiger partial charge >= 0.3 is 6.09 Å². The van der Waals surface area contributed by atoms with Crippen molar-refractivity contribution < 1.29 is 9.53 Å². The molecule has 0 fully saturated rings. The zero-order valence-electron chi connectivity index (χ0n) is 10.2. The maximum Gasteiger partial charge on any atom is 0.441 e. The third-order valence-corrected chi connectivity index (χ3v) is 3.29. The zero-order valence-corrected chi connectivity index (χ0v) is 14.1. The molecular weight excluding hydrogens is 366 g/mol. The first-order chi connectivity index (χ1) is 9.31. The van der Waals surface area contributed by atoms with Crippen molar-refractivity contribution in [3.05, 3.63) is 34.9 Å². The zero-order chi connectivity index (χ0) is 15.2. The Balaban J connectivity index is 2.82. The van der Waals surface area contributed by atoms with Crippen LogP contribution in [0, 0.1) is 0 Å². The number of alkyl halides is 3.